The molecule has 0 atom stereocenters. The van der Waals surface area contributed by atoms with Gasteiger partial charge in [0.1, 0.15) is 11.4 Å². The van der Waals surface area contributed by atoms with Crippen molar-refractivity contribution in [2.45, 2.75) is 71.8 Å². The van der Waals surface area contributed by atoms with Crippen LogP contribution < -0.4 is 9.74 Å². The summed E-state index contributed by atoms with van der Waals surface area (Å²) in [5, 5.41) is 2.64. The van der Waals surface area contributed by atoms with E-state index in [0.717, 1.165) is 5.56 Å². The maximum absolute atomic E-state index is 14.1. The van der Waals surface area contributed by atoms with Crippen molar-refractivity contribution >= 4 is 14.4 Å². The second-order valence-corrected chi connectivity index (χ2v) is 13.2. The molecule has 0 unspecified atom stereocenters. The van der Waals surface area contributed by atoms with Crippen LogP contribution in [-0.2, 0) is 11.3 Å². The largest absolute Gasteiger partial charge is 0.542 e. The quantitative estimate of drug-likeness (QED) is 0.752. The van der Waals surface area contributed by atoms with E-state index in [1.807, 2.05) is 0 Å². The van der Waals surface area contributed by atoms with Crippen LogP contribution >= 0.6 is 0 Å². The standard InChI is InChI=1S/C18H30FNO3Si/c1-17(2,3)22-16(21)20-12-13-9-10-14(19)15(11-13)23-24(7,8)18(4,5)6/h9-11H,12H2,1-8H3,(H,20,21). The number of hydrogen-bond donors (Lipinski definition) is 1. The van der Waals surface area contributed by atoms with Gasteiger partial charge in [0.15, 0.2) is 5.82 Å². The predicted molar refractivity (Wildman–Crippen MR) is 97.3 cm³/mol. The number of ether oxygens (including phenoxy) is 1. The van der Waals surface area contributed by atoms with Gasteiger partial charge in [-0.05, 0) is 56.6 Å². The Labute approximate surface area is 145 Å². The first-order valence-electron chi connectivity index (χ1n) is 8.15. The van der Waals surface area contributed by atoms with Gasteiger partial charge in [0.2, 0.25) is 0 Å². The van der Waals surface area contributed by atoms with Crippen LogP contribution in [0.1, 0.15) is 47.1 Å². The second kappa shape index (κ2) is 7.13. The molecule has 1 aromatic rings. The van der Waals surface area contributed by atoms with Crippen LogP contribution in [0.4, 0.5) is 9.18 Å². The van der Waals surface area contributed by atoms with Crippen molar-refractivity contribution in [2.24, 2.45) is 0 Å². The molecule has 0 saturated heterocycles. The zero-order valence-electron chi connectivity index (χ0n) is 16.0. The summed E-state index contributed by atoms with van der Waals surface area (Å²) >= 11 is 0. The first kappa shape index (κ1) is 20.5. The highest BCUT2D eigenvalue weighted by Gasteiger charge is 2.39. The number of carbonyl (C=O) groups is 1. The molecule has 0 heterocycles. The molecule has 1 N–H and O–H groups in total. The Hall–Kier alpha value is -1.56. The highest BCUT2D eigenvalue weighted by molar-refractivity contribution is 6.74. The molecule has 0 spiro atoms. The number of carbonyl (C=O) groups excluding carboxylic acids is 1. The Morgan fingerprint density at radius 3 is 2.25 bits per heavy atom. The third-order valence-electron chi connectivity index (χ3n) is 4.00. The first-order valence-corrected chi connectivity index (χ1v) is 11.1. The Morgan fingerprint density at radius 1 is 1.17 bits per heavy atom. The van der Waals surface area contributed by atoms with Crippen LogP contribution in [-0.4, -0.2) is 20.0 Å². The van der Waals surface area contributed by atoms with Crippen LogP contribution in [0, 0.1) is 5.82 Å². The molecule has 0 aliphatic carbocycles. The number of amides is 1. The van der Waals surface area contributed by atoms with Gasteiger partial charge in [-0.2, -0.15) is 0 Å². The lowest BCUT2D eigenvalue weighted by atomic mass is 10.2. The summed E-state index contributed by atoms with van der Waals surface area (Å²) in [6, 6.07) is 4.65. The Morgan fingerprint density at radius 2 is 1.75 bits per heavy atom. The van der Waals surface area contributed by atoms with Crippen molar-refractivity contribution in [1.29, 1.82) is 0 Å². The zero-order chi connectivity index (χ0) is 18.8. The second-order valence-electron chi connectivity index (χ2n) is 8.48. The van der Waals surface area contributed by atoms with Gasteiger partial charge < -0.3 is 14.5 Å². The van der Waals surface area contributed by atoms with Gasteiger partial charge in [-0.3, -0.25) is 0 Å². The van der Waals surface area contributed by atoms with Gasteiger partial charge in [0.05, 0.1) is 0 Å². The summed E-state index contributed by atoms with van der Waals surface area (Å²) < 4.78 is 25.3. The van der Waals surface area contributed by atoms with Crippen molar-refractivity contribution in [3.63, 3.8) is 0 Å². The average Bonchev–Trinajstić information content (AvgIpc) is 2.36. The fraction of sp³-hybridized carbons (Fsp3) is 0.611. The normalized spacial score (nSPS) is 12.7. The van der Waals surface area contributed by atoms with E-state index in [2.05, 4.69) is 39.2 Å². The number of rotatable bonds is 4. The minimum Gasteiger partial charge on any atom is -0.542 e. The van der Waals surface area contributed by atoms with E-state index < -0.39 is 20.0 Å². The van der Waals surface area contributed by atoms with Gasteiger partial charge in [0.25, 0.3) is 8.32 Å². The van der Waals surface area contributed by atoms with E-state index >= 15 is 0 Å². The fourth-order valence-electron chi connectivity index (χ4n) is 1.65. The summed E-state index contributed by atoms with van der Waals surface area (Å²) in [5.74, 6) is -0.147. The van der Waals surface area contributed by atoms with Gasteiger partial charge in [-0.25, -0.2) is 9.18 Å². The van der Waals surface area contributed by atoms with Crippen molar-refractivity contribution in [3.05, 3.63) is 29.6 Å². The molecule has 0 aliphatic rings. The molecule has 1 amide bonds. The summed E-state index contributed by atoms with van der Waals surface area (Å²) in [6.45, 7) is 16.1. The van der Waals surface area contributed by atoms with Crippen molar-refractivity contribution in [3.8, 4) is 5.75 Å². The van der Waals surface area contributed by atoms with Crippen molar-refractivity contribution < 1.29 is 18.3 Å². The lowest BCUT2D eigenvalue weighted by molar-refractivity contribution is 0.0523. The molecule has 1 aromatic carbocycles. The Bertz CT molecular complexity index is 589. The number of alkyl carbamates (subject to hydrolysis) is 1. The van der Waals surface area contributed by atoms with Crippen LogP contribution in [0.15, 0.2) is 18.2 Å². The lowest BCUT2D eigenvalue weighted by Crippen LogP contribution is -2.44. The molecule has 4 nitrogen and oxygen atoms in total. The van der Waals surface area contributed by atoms with Crippen molar-refractivity contribution in [2.75, 3.05) is 0 Å². The maximum Gasteiger partial charge on any atom is 0.407 e. The number of nitrogens with one attached hydrogen (secondary N) is 1. The molecule has 136 valence electrons. The highest BCUT2D eigenvalue weighted by atomic mass is 28.4. The summed E-state index contributed by atoms with van der Waals surface area (Å²) in [5.41, 5.74) is 0.208. The van der Waals surface area contributed by atoms with E-state index in [0.29, 0.717) is 0 Å². The van der Waals surface area contributed by atoms with E-state index in [1.165, 1.54) is 6.07 Å². The third-order valence-corrected chi connectivity index (χ3v) is 8.35. The van der Waals surface area contributed by atoms with Crippen LogP contribution in [0.5, 0.6) is 5.75 Å². The molecule has 1 rings (SSSR count). The molecule has 24 heavy (non-hydrogen) atoms. The van der Waals surface area contributed by atoms with E-state index in [-0.39, 0.29) is 23.1 Å². The van der Waals surface area contributed by atoms with E-state index in [1.54, 1.807) is 32.9 Å². The molecular weight excluding hydrogens is 325 g/mol. The van der Waals surface area contributed by atoms with E-state index in [4.69, 9.17) is 9.16 Å². The van der Waals surface area contributed by atoms with Gasteiger partial charge >= 0.3 is 6.09 Å². The molecular formula is C18H30FNO3Si. The topological polar surface area (TPSA) is 47.6 Å². The number of halogens is 1. The molecule has 6 heteroatoms. The molecule has 0 bridgehead atoms. The molecule has 0 saturated carbocycles. The molecule has 0 radical (unpaired) electrons. The fourth-order valence-corrected chi connectivity index (χ4v) is 2.66. The lowest BCUT2D eigenvalue weighted by Gasteiger charge is -2.36. The highest BCUT2D eigenvalue weighted by Crippen LogP contribution is 2.38. The minimum atomic E-state index is -2.13. The average molecular weight is 356 g/mol. The van der Waals surface area contributed by atoms with Crippen LogP contribution in [0.2, 0.25) is 18.1 Å². The maximum atomic E-state index is 14.1. The zero-order valence-corrected chi connectivity index (χ0v) is 17.0. The van der Waals surface area contributed by atoms with Crippen molar-refractivity contribution in [1.82, 2.24) is 5.32 Å². The SMILES string of the molecule is CC(C)(C)OC(=O)NCc1ccc(F)c(O[Si](C)(C)C(C)(C)C)c1. The Kier molecular flexibility index (Phi) is 6.08. The van der Waals surface area contributed by atoms with E-state index in [9.17, 15) is 9.18 Å². The number of hydrogen-bond acceptors (Lipinski definition) is 3. The Balaban J connectivity index is 2.82. The predicted octanol–water partition coefficient (Wildman–Crippen LogP) is 5.23. The third kappa shape index (κ3) is 6.15. The van der Waals surface area contributed by atoms with Crippen LogP contribution in [0.3, 0.4) is 0 Å². The first-order chi connectivity index (χ1) is 10.7. The smallest absolute Gasteiger partial charge is 0.407 e. The summed E-state index contributed by atoms with van der Waals surface area (Å²) in [4.78, 5) is 11.7. The van der Waals surface area contributed by atoms with Crippen LogP contribution in [0.25, 0.3) is 0 Å². The summed E-state index contributed by atoms with van der Waals surface area (Å²) in [7, 11) is -2.13. The van der Waals surface area contributed by atoms with Gasteiger partial charge in [-0.15, -0.1) is 0 Å². The molecule has 0 fully saturated rings. The molecule has 0 aromatic heterocycles. The molecule has 0 aliphatic heterocycles. The van der Waals surface area contributed by atoms with Gasteiger partial charge in [-0.1, -0.05) is 26.8 Å². The monoisotopic (exact) mass is 355 g/mol. The number of benzene rings is 1. The minimum absolute atomic E-state index is 0.0236. The summed E-state index contributed by atoms with van der Waals surface area (Å²) in [6.07, 6.45) is -0.501. The van der Waals surface area contributed by atoms with Gasteiger partial charge in [0, 0.05) is 6.54 Å².